The van der Waals surface area contributed by atoms with Gasteiger partial charge in [0.1, 0.15) is 17.3 Å². The van der Waals surface area contributed by atoms with Crippen LogP contribution in [0.25, 0.3) is 0 Å². The van der Waals surface area contributed by atoms with Crippen LogP contribution in [0.2, 0.25) is 0 Å². The molecule has 1 aliphatic rings. The predicted octanol–water partition coefficient (Wildman–Crippen LogP) is 0.891. The van der Waals surface area contributed by atoms with Crippen molar-refractivity contribution in [2.45, 2.75) is 13.0 Å². The molecule has 0 radical (unpaired) electrons. The highest BCUT2D eigenvalue weighted by Crippen LogP contribution is 2.33. The van der Waals surface area contributed by atoms with Crippen molar-refractivity contribution in [1.29, 1.82) is 0 Å². The van der Waals surface area contributed by atoms with Gasteiger partial charge in [0.25, 0.3) is 0 Å². The van der Waals surface area contributed by atoms with Crippen molar-refractivity contribution in [3.8, 4) is 0 Å². The van der Waals surface area contributed by atoms with Crippen LogP contribution in [0.15, 0.2) is 18.5 Å². The van der Waals surface area contributed by atoms with E-state index in [0.29, 0.717) is 0 Å². The maximum absolute atomic E-state index is 11.3. The molecule has 2 atom stereocenters. The van der Waals surface area contributed by atoms with E-state index in [1.54, 1.807) is 6.92 Å². The summed E-state index contributed by atoms with van der Waals surface area (Å²) in [7, 11) is 0. The zero-order valence-corrected chi connectivity index (χ0v) is 10.2. The summed E-state index contributed by atoms with van der Waals surface area (Å²) in [6, 6.07) is 0.907. The fraction of sp³-hybridized carbons (Fsp3) is 0.455. The van der Waals surface area contributed by atoms with Crippen LogP contribution in [0.3, 0.4) is 0 Å². The van der Waals surface area contributed by atoms with Crippen LogP contribution in [0, 0.1) is 15.5 Å². The first-order valence-corrected chi connectivity index (χ1v) is 5.61. The normalized spacial score (nSPS) is 26.1. The van der Waals surface area contributed by atoms with Crippen molar-refractivity contribution >= 4 is 17.3 Å². The minimum absolute atomic E-state index is 0.0683. The van der Waals surface area contributed by atoms with E-state index in [1.807, 2.05) is 0 Å². The third kappa shape index (κ3) is 2.34. The van der Waals surface area contributed by atoms with E-state index in [0.717, 1.165) is 6.20 Å². The Hall–Kier alpha value is -2.22. The monoisotopic (exact) mass is 267 g/mol. The van der Waals surface area contributed by atoms with E-state index >= 15 is 0 Å². The molecule has 0 bridgehead atoms. The Labute approximate surface area is 108 Å². The number of carboxylic acids is 1. The number of rotatable bonds is 4. The van der Waals surface area contributed by atoms with Gasteiger partial charge in [-0.05, 0) is 13.0 Å². The lowest BCUT2D eigenvalue weighted by atomic mass is 9.85. The molecule has 1 aromatic heterocycles. The lowest BCUT2D eigenvalue weighted by Crippen LogP contribution is -2.43. The molecule has 2 rings (SSSR count). The van der Waals surface area contributed by atoms with Gasteiger partial charge in [-0.25, -0.2) is 0 Å². The van der Waals surface area contributed by atoms with Gasteiger partial charge in [-0.15, -0.1) is 0 Å². The highest BCUT2D eigenvalue weighted by atomic mass is 16.6. The SMILES string of the molecule is CC1(C(=O)O)COCC1Nc1ccncc1[N+](=O)[O-]. The number of nitro groups is 1. The summed E-state index contributed by atoms with van der Waals surface area (Å²) in [6.45, 7) is 1.80. The number of ether oxygens (including phenoxy) is 1. The molecule has 2 unspecified atom stereocenters. The largest absolute Gasteiger partial charge is 0.481 e. The number of aliphatic carboxylic acids is 1. The van der Waals surface area contributed by atoms with Gasteiger partial charge >= 0.3 is 11.7 Å². The summed E-state index contributed by atoms with van der Waals surface area (Å²) < 4.78 is 5.18. The summed E-state index contributed by atoms with van der Waals surface area (Å²) >= 11 is 0. The molecule has 19 heavy (non-hydrogen) atoms. The van der Waals surface area contributed by atoms with E-state index in [4.69, 9.17) is 4.74 Å². The van der Waals surface area contributed by atoms with Crippen LogP contribution in [0.1, 0.15) is 6.92 Å². The maximum atomic E-state index is 11.3. The Morgan fingerprint density at radius 1 is 1.74 bits per heavy atom. The number of hydrogen-bond acceptors (Lipinski definition) is 6. The molecule has 1 fully saturated rings. The van der Waals surface area contributed by atoms with Crippen LogP contribution in [-0.2, 0) is 9.53 Å². The topological polar surface area (TPSA) is 115 Å². The second-order valence-electron chi connectivity index (χ2n) is 4.58. The second kappa shape index (κ2) is 4.81. The van der Waals surface area contributed by atoms with E-state index in [9.17, 15) is 20.0 Å². The van der Waals surface area contributed by atoms with Gasteiger partial charge in [0.2, 0.25) is 0 Å². The number of aromatic nitrogens is 1. The molecule has 0 aliphatic carbocycles. The molecule has 2 N–H and O–H groups in total. The van der Waals surface area contributed by atoms with Gasteiger partial charge in [-0.3, -0.25) is 19.9 Å². The first-order valence-electron chi connectivity index (χ1n) is 5.61. The molecule has 8 nitrogen and oxygen atoms in total. The molecule has 0 spiro atoms. The van der Waals surface area contributed by atoms with E-state index in [1.165, 1.54) is 12.3 Å². The first-order chi connectivity index (χ1) is 8.95. The molecule has 1 saturated heterocycles. The average molecular weight is 267 g/mol. The van der Waals surface area contributed by atoms with Crippen molar-refractivity contribution in [1.82, 2.24) is 4.98 Å². The zero-order chi connectivity index (χ0) is 14.0. The maximum Gasteiger partial charge on any atom is 0.313 e. The van der Waals surface area contributed by atoms with E-state index < -0.39 is 22.3 Å². The summed E-state index contributed by atoms with van der Waals surface area (Å²) in [5, 5.41) is 23.0. The van der Waals surface area contributed by atoms with Crippen molar-refractivity contribution in [3.05, 3.63) is 28.6 Å². The van der Waals surface area contributed by atoms with Crippen LogP contribution < -0.4 is 5.32 Å². The van der Waals surface area contributed by atoms with Crippen LogP contribution in [0.5, 0.6) is 0 Å². The van der Waals surface area contributed by atoms with Crippen molar-refractivity contribution in [3.63, 3.8) is 0 Å². The number of anilines is 1. The molecule has 1 aliphatic heterocycles. The number of pyridine rings is 1. The lowest BCUT2D eigenvalue weighted by Gasteiger charge is -2.26. The second-order valence-corrected chi connectivity index (χ2v) is 4.58. The lowest BCUT2D eigenvalue weighted by molar-refractivity contribution is -0.384. The van der Waals surface area contributed by atoms with Crippen LogP contribution in [-0.4, -0.2) is 40.2 Å². The fourth-order valence-electron chi connectivity index (χ4n) is 1.93. The van der Waals surface area contributed by atoms with Crippen molar-refractivity contribution in [2.75, 3.05) is 18.5 Å². The number of nitrogens with one attached hydrogen (secondary N) is 1. The minimum Gasteiger partial charge on any atom is -0.481 e. The fourth-order valence-corrected chi connectivity index (χ4v) is 1.93. The molecular weight excluding hydrogens is 254 g/mol. The molecule has 2 heterocycles. The summed E-state index contributed by atoms with van der Waals surface area (Å²) in [5.41, 5.74) is -1.07. The van der Waals surface area contributed by atoms with Crippen molar-refractivity contribution < 1.29 is 19.6 Å². The quantitative estimate of drug-likeness (QED) is 0.614. The smallest absolute Gasteiger partial charge is 0.313 e. The Kier molecular flexibility index (Phi) is 3.34. The van der Waals surface area contributed by atoms with Crippen LogP contribution >= 0.6 is 0 Å². The molecular formula is C11H13N3O5. The molecule has 0 aromatic carbocycles. The van der Waals surface area contributed by atoms with Gasteiger partial charge in [-0.1, -0.05) is 0 Å². The summed E-state index contributed by atoms with van der Waals surface area (Å²) in [6.07, 6.45) is 2.53. The number of carbonyl (C=O) groups is 1. The standard InChI is InChI=1S/C11H13N3O5/c1-11(10(15)16)6-19-5-9(11)13-7-2-3-12-4-8(7)14(17)18/h2-4,9H,5-6H2,1H3,(H,12,13)(H,15,16). The third-order valence-electron chi connectivity index (χ3n) is 3.27. The molecule has 8 heteroatoms. The molecule has 102 valence electrons. The van der Waals surface area contributed by atoms with Gasteiger partial charge in [0.05, 0.1) is 24.2 Å². The average Bonchev–Trinajstić information content (AvgIpc) is 2.73. The molecule has 1 aromatic rings. The Bertz CT molecular complexity index is 521. The third-order valence-corrected chi connectivity index (χ3v) is 3.27. The summed E-state index contributed by atoms with van der Waals surface area (Å²) in [5.74, 6) is -1.00. The Morgan fingerprint density at radius 2 is 2.47 bits per heavy atom. The van der Waals surface area contributed by atoms with Gasteiger partial charge in [0.15, 0.2) is 0 Å². The molecule has 0 amide bonds. The molecule has 0 saturated carbocycles. The van der Waals surface area contributed by atoms with Gasteiger partial charge < -0.3 is 15.2 Å². The number of carboxylic acid groups (broad SMARTS) is 1. The highest BCUT2D eigenvalue weighted by Gasteiger charge is 2.47. The predicted molar refractivity (Wildman–Crippen MR) is 64.9 cm³/mol. The Morgan fingerprint density at radius 3 is 3.11 bits per heavy atom. The highest BCUT2D eigenvalue weighted by molar-refractivity contribution is 5.77. The first kappa shape index (κ1) is 13.2. The van der Waals surface area contributed by atoms with Crippen molar-refractivity contribution in [2.24, 2.45) is 5.41 Å². The zero-order valence-electron chi connectivity index (χ0n) is 10.2. The van der Waals surface area contributed by atoms with E-state index in [-0.39, 0.29) is 24.6 Å². The minimum atomic E-state index is -1.11. The number of nitrogens with zero attached hydrogens (tertiary/aromatic N) is 2. The van der Waals surface area contributed by atoms with Gasteiger partial charge in [-0.2, -0.15) is 0 Å². The van der Waals surface area contributed by atoms with Gasteiger partial charge in [0, 0.05) is 6.20 Å². The van der Waals surface area contributed by atoms with E-state index in [2.05, 4.69) is 10.3 Å². The summed E-state index contributed by atoms with van der Waals surface area (Å²) in [4.78, 5) is 25.3. The number of hydrogen-bond donors (Lipinski definition) is 2. The van der Waals surface area contributed by atoms with Crippen LogP contribution in [0.4, 0.5) is 11.4 Å². The Balaban J connectivity index is 2.27.